The van der Waals surface area contributed by atoms with Gasteiger partial charge in [0.1, 0.15) is 0 Å². The first kappa shape index (κ1) is 14.9. The largest absolute Gasteiger partial charge is 0.493 e. The van der Waals surface area contributed by atoms with Gasteiger partial charge in [-0.3, -0.25) is 0 Å². The predicted molar refractivity (Wildman–Crippen MR) is 84.2 cm³/mol. The van der Waals surface area contributed by atoms with Gasteiger partial charge in [0.05, 0.1) is 27.4 Å². The van der Waals surface area contributed by atoms with Gasteiger partial charge in [-0.05, 0) is 29.7 Å². The molecule has 0 atom stereocenters. The summed E-state index contributed by atoms with van der Waals surface area (Å²) in [6, 6.07) is 14.0. The van der Waals surface area contributed by atoms with Gasteiger partial charge < -0.3 is 18.9 Å². The number of methoxy groups -OCH3 is 2. The lowest BCUT2D eigenvalue weighted by molar-refractivity contribution is -0.182. The first-order valence-corrected chi connectivity index (χ1v) is 7.38. The number of hydrogen-bond acceptors (Lipinski definition) is 4. The first-order chi connectivity index (χ1) is 10.8. The first-order valence-electron chi connectivity index (χ1n) is 7.38. The van der Waals surface area contributed by atoms with E-state index in [-0.39, 0.29) is 6.29 Å². The molecule has 0 amide bonds. The maximum atomic E-state index is 5.75. The minimum atomic E-state index is -0.307. The predicted octanol–water partition coefficient (Wildman–Crippen LogP) is 3.81. The van der Waals surface area contributed by atoms with E-state index in [0.717, 1.165) is 36.3 Å². The Labute approximate surface area is 130 Å². The second-order valence-corrected chi connectivity index (χ2v) is 5.08. The van der Waals surface area contributed by atoms with E-state index >= 15 is 0 Å². The average molecular weight is 300 g/mol. The Bertz CT molecular complexity index is 633. The van der Waals surface area contributed by atoms with Crippen LogP contribution in [0.2, 0.25) is 0 Å². The molecule has 0 bridgehead atoms. The molecule has 116 valence electrons. The van der Waals surface area contributed by atoms with Crippen molar-refractivity contribution < 1.29 is 18.9 Å². The SMILES string of the molecule is COc1ccc(-c2ccccc2C2OCCCO2)cc1OC. The lowest BCUT2D eigenvalue weighted by atomic mass is 9.98. The van der Waals surface area contributed by atoms with E-state index < -0.39 is 0 Å². The summed E-state index contributed by atoms with van der Waals surface area (Å²) in [7, 11) is 3.27. The topological polar surface area (TPSA) is 36.9 Å². The highest BCUT2D eigenvalue weighted by molar-refractivity contribution is 5.70. The van der Waals surface area contributed by atoms with Gasteiger partial charge in [-0.15, -0.1) is 0 Å². The average Bonchev–Trinajstić information content (AvgIpc) is 2.62. The summed E-state index contributed by atoms with van der Waals surface area (Å²) in [5.74, 6) is 1.43. The third-order valence-corrected chi connectivity index (χ3v) is 3.74. The number of ether oxygens (including phenoxy) is 4. The molecule has 0 aliphatic carbocycles. The summed E-state index contributed by atoms with van der Waals surface area (Å²) in [6.07, 6.45) is 0.632. The van der Waals surface area contributed by atoms with E-state index in [1.165, 1.54) is 0 Å². The molecule has 0 unspecified atom stereocenters. The van der Waals surface area contributed by atoms with Crippen LogP contribution in [0.4, 0.5) is 0 Å². The van der Waals surface area contributed by atoms with Crippen molar-refractivity contribution >= 4 is 0 Å². The molecule has 1 saturated heterocycles. The van der Waals surface area contributed by atoms with E-state index in [1.54, 1.807) is 14.2 Å². The van der Waals surface area contributed by atoms with Crippen LogP contribution in [0.1, 0.15) is 18.3 Å². The zero-order valence-corrected chi connectivity index (χ0v) is 12.9. The molecule has 0 saturated carbocycles. The van der Waals surface area contributed by atoms with Crippen molar-refractivity contribution in [2.24, 2.45) is 0 Å². The van der Waals surface area contributed by atoms with Crippen molar-refractivity contribution in [3.8, 4) is 22.6 Å². The summed E-state index contributed by atoms with van der Waals surface area (Å²) in [5.41, 5.74) is 3.16. The van der Waals surface area contributed by atoms with Crippen molar-refractivity contribution in [3.63, 3.8) is 0 Å². The molecule has 22 heavy (non-hydrogen) atoms. The lowest BCUT2D eigenvalue weighted by Gasteiger charge is -2.25. The van der Waals surface area contributed by atoms with Crippen molar-refractivity contribution in [1.82, 2.24) is 0 Å². The van der Waals surface area contributed by atoms with E-state index in [4.69, 9.17) is 18.9 Å². The van der Waals surface area contributed by atoms with Gasteiger partial charge in [-0.2, -0.15) is 0 Å². The van der Waals surface area contributed by atoms with Crippen LogP contribution in [0.3, 0.4) is 0 Å². The Morgan fingerprint density at radius 3 is 2.36 bits per heavy atom. The van der Waals surface area contributed by atoms with Gasteiger partial charge >= 0.3 is 0 Å². The molecule has 2 aromatic carbocycles. The molecule has 4 nitrogen and oxygen atoms in total. The summed E-state index contributed by atoms with van der Waals surface area (Å²) < 4.78 is 22.2. The fourth-order valence-electron chi connectivity index (χ4n) is 2.64. The third-order valence-electron chi connectivity index (χ3n) is 3.74. The van der Waals surface area contributed by atoms with Gasteiger partial charge in [0, 0.05) is 5.56 Å². The minimum Gasteiger partial charge on any atom is -0.493 e. The number of hydrogen-bond donors (Lipinski definition) is 0. The summed E-state index contributed by atoms with van der Waals surface area (Å²) >= 11 is 0. The molecule has 0 aromatic heterocycles. The van der Waals surface area contributed by atoms with Gasteiger partial charge in [0.2, 0.25) is 0 Å². The minimum absolute atomic E-state index is 0.307. The maximum Gasteiger partial charge on any atom is 0.184 e. The van der Waals surface area contributed by atoms with Crippen LogP contribution in [0.15, 0.2) is 42.5 Å². The van der Waals surface area contributed by atoms with Crippen LogP contribution in [0.5, 0.6) is 11.5 Å². The standard InChI is InChI=1S/C18H20O4/c1-19-16-9-8-13(12-17(16)20-2)14-6-3-4-7-15(14)18-21-10-5-11-22-18/h3-4,6-9,12,18H,5,10-11H2,1-2H3. The highest BCUT2D eigenvalue weighted by Gasteiger charge is 2.20. The van der Waals surface area contributed by atoms with Gasteiger partial charge in [-0.1, -0.05) is 30.3 Å². The van der Waals surface area contributed by atoms with E-state index in [1.807, 2.05) is 36.4 Å². The van der Waals surface area contributed by atoms with Crippen LogP contribution in [0, 0.1) is 0 Å². The Balaban J connectivity index is 2.01. The molecule has 3 rings (SSSR count). The van der Waals surface area contributed by atoms with Crippen molar-refractivity contribution in [1.29, 1.82) is 0 Å². The smallest absolute Gasteiger partial charge is 0.184 e. The monoisotopic (exact) mass is 300 g/mol. The zero-order chi connectivity index (χ0) is 15.4. The Morgan fingerprint density at radius 1 is 0.909 bits per heavy atom. The van der Waals surface area contributed by atoms with Gasteiger partial charge in [0.25, 0.3) is 0 Å². The molecule has 1 aliphatic rings. The van der Waals surface area contributed by atoms with Gasteiger partial charge in [-0.25, -0.2) is 0 Å². The normalized spacial score (nSPS) is 15.5. The van der Waals surface area contributed by atoms with Crippen LogP contribution >= 0.6 is 0 Å². The highest BCUT2D eigenvalue weighted by atomic mass is 16.7. The fraction of sp³-hybridized carbons (Fsp3) is 0.333. The third kappa shape index (κ3) is 2.93. The van der Waals surface area contributed by atoms with Crippen molar-refractivity contribution in [3.05, 3.63) is 48.0 Å². The van der Waals surface area contributed by atoms with Crippen LogP contribution in [0.25, 0.3) is 11.1 Å². The molecular weight excluding hydrogens is 280 g/mol. The Hall–Kier alpha value is -2.04. The molecule has 1 aliphatic heterocycles. The zero-order valence-electron chi connectivity index (χ0n) is 12.9. The lowest BCUT2D eigenvalue weighted by Crippen LogP contribution is -2.18. The van der Waals surface area contributed by atoms with Crippen LogP contribution in [-0.2, 0) is 9.47 Å². The molecule has 0 radical (unpaired) electrons. The van der Waals surface area contributed by atoms with E-state index in [2.05, 4.69) is 6.07 Å². The highest BCUT2D eigenvalue weighted by Crippen LogP contribution is 2.36. The molecule has 0 spiro atoms. The molecular formula is C18H20O4. The second kappa shape index (κ2) is 6.81. The summed E-state index contributed by atoms with van der Waals surface area (Å²) in [4.78, 5) is 0. The molecule has 0 N–H and O–H groups in total. The van der Waals surface area contributed by atoms with E-state index in [0.29, 0.717) is 11.5 Å². The van der Waals surface area contributed by atoms with Crippen LogP contribution < -0.4 is 9.47 Å². The number of rotatable bonds is 4. The van der Waals surface area contributed by atoms with Gasteiger partial charge in [0.15, 0.2) is 17.8 Å². The summed E-state index contributed by atoms with van der Waals surface area (Å²) in [6.45, 7) is 1.45. The Kier molecular flexibility index (Phi) is 4.61. The maximum absolute atomic E-state index is 5.75. The Morgan fingerprint density at radius 2 is 1.64 bits per heavy atom. The molecule has 2 aromatic rings. The van der Waals surface area contributed by atoms with E-state index in [9.17, 15) is 0 Å². The molecule has 1 heterocycles. The molecule has 4 heteroatoms. The summed E-state index contributed by atoms with van der Waals surface area (Å²) in [5, 5.41) is 0. The van der Waals surface area contributed by atoms with Crippen molar-refractivity contribution in [2.75, 3.05) is 27.4 Å². The fourth-order valence-corrected chi connectivity index (χ4v) is 2.64. The second-order valence-electron chi connectivity index (χ2n) is 5.08. The number of benzene rings is 2. The van der Waals surface area contributed by atoms with Crippen molar-refractivity contribution in [2.45, 2.75) is 12.7 Å². The van der Waals surface area contributed by atoms with Crippen LogP contribution in [-0.4, -0.2) is 27.4 Å². The molecule has 1 fully saturated rings. The quantitative estimate of drug-likeness (QED) is 0.860.